The van der Waals surface area contributed by atoms with Gasteiger partial charge in [0.05, 0.1) is 12.1 Å². The van der Waals surface area contributed by atoms with E-state index in [0.29, 0.717) is 22.9 Å². The van der Waals surface area contributed by atoms with Crippen LogP contribution in [0.1, 0.15) is 5.56 Å². The first-order chi connectivity index (χ1) is 9.11. The van der Waals surface area contributed by atoms with Crippen molar-refractivity contribution >= 4 is 17.3 Å². The summed E-state index contributed by atoms with van der Waals surface area (Å²) in [5, 5.41) is 22.8. The molecular formula is C14H14ClNO3. The Hall–Kier alpha value is -2.07. The molecule has 3 N–H and O–H groups in total. The molecule has 100 valence electrons. The fraction of sp³-hybridized carbons (Fsp3) is 0.143. The summed E-state index contributed by atoms with van der Waals surface area (Å²) in [5.74, 6) is 0.536. The maximum atomic E-state index is 9.77. The van der Waals surface area contributed by atoms with Gasteiger partial charge in [-0.1, -0.05) is 23.7 Å². The highest BCUT2D eigenvalue weighted by atomic mass is 35.5. The molecule has 4 nitrogen and oxygen atoms in total. The topological polar surface area (TPSA) is 61.7 Å². The van der Waals surface area contributed by atoms with Gasteiger partial charge < -0.3 is 20.3 Å². The second-order valence-corrected chi connectivity index (χ2v) is 4.39. The average Bonchev–Trinajstić information content (AvgIpc) is 2.40. The second kappa shape index (κ2) is 5.71. The molecule has 0 spiro atoms. The zero-order valence-corrected chi connectivity index (χ0v) is 11.1. The van der Waals surface area contributed by atoms with Crippen LogP contribution in [0.2, 0.25) is 5.02 Å². The zero-order chi connectivity index (χ0) is 13.8. The number of methoxy groups -OCH3 is 1. The quantitative estimate of drug-likeness (QED) is 0.803. The SMILES string of the molecule is COc1ccc(NCc2cccc(Cl)c2O)cc1O. The van der Waals surface area contributed by atoms with Crippen LogP contribution < -0.4 is 10.1 Å². The van der Waals surface area contributed by atoms with Gasteiger partial charge in [-0.3, -0.25) is 0 Å². The Kier molecular flexibility index (Phi) is 4.02. The normalized spacial score (nSPS) is 10.2. The van der Waals surface area contributed by atoms with Crippen LogP contribution in [0.25, 0.3) is 0 Å². The molecule has 0 bridgehead atoms. The Balaban J connectivity index is 2.10. The summed E-state index contributed by atoms with van der Waals surface area (Å²) < 4.78 is 4.96. The highest BCUT2D eigenvalue weighted by molar-refractivity contribution is 6.32. The van der Waals surface area contributed by atoms with E-state index in [2.05, 4.69) is 5.32 Å². The lowest BCUT2D eigenvalue weighted by atomic mass is 10.2. The molecular weight excluding hydrogens is 266 g/mol. The van der Waals surface area contributed by atoms with Crippen molar-refractivity contribution in [3.8, 4) is 17.2 Å². The fourth-order valence-electron chi connectivity index (χ4n) is 1.70. The molecule has 5 heteroatoms. The van der Waals surface area contributed by atoms with Gasteiger partial charge in [-0.05, 0) is 18.2 Å². The minimum Gasteiger partial charge on any atom is -0.506 e. The summed E-state index contributed by atoms with van der Waals surface area (Å²) in [5.41, 5.74) is 1.40. The number of halogens is 1. The first-order valence-corrected chi connectivity index (χ1v) is 6.07. The van der Waals surface area contributed by atoms with Gasteiger partial charge in [0.25, 0.3) is 0 Å². The highest BCUT2D eigenvalue weighted by Crippen LogP contribution is 2.30. The minimum atomic E-state index is 0.0582. The summed E-state index contributed by atoms with van der Waals surface area (Å²) >= 11 is 5.83. The first-order valence-electron chi connectivity index (χ1n) is 5.69. The molecule has 0 fully saturated rings. The summed E-state index contributed by atoms with van der Waals surface area (Å²) in [6.45, 7) is 0.401. The molecule has 2 aromatic rings. The maximum absolute atomic E-state index is 9.77. The lowest BCUT2D eigenvalue weighted by molar-refractivity contribution is 0.373. The highest BCUT2D eigenvalue weighted by Gasteiger charge is 2.06. The van der Waals surface area contributed by atoms with Crippen molar-refractivity contribution in [2.45, 2.75) is 6.54 Å². The number of rotatable bonds is 4. The van der Waals surface area contributed by atoms with E-state index in [4.69, 9.17) is 16.3 Å². The predicted molar refractivity (Wildman–Crippen MR) is 75.1 cm³/mol. The molecule has 0 saturated carbocycles. The van der Waals surface area contributed by atoms with Crippen molar-refractivity contribution in [1.82, 2.24) is 0 Å². The van der Waals surface area contributed by atoms with E-state index in [1.165, 1.54) is 7.11 Å². The van der Waals surface area contributed by atoms with Gasteiger partial charge in [0.2, 0.25) is 0 Å². The molecule has 0 aromatic heterocycles. The second-order valence-electron chi connectivity index (χ2n) is 3.99. The van der Waals surface area contributed by atoms with Crippen molar-refractivity contribution in [1.29, 1.82) is 0 Å². The Labute approximate surface area is 116 Å². The van der Waals surface area contributed by atoms with Crippen molar-refractivity contribution in [2.75, 3.05) is 12.4 Å². The molecule has 19 heavy (non-hydrogen) atoms. The number of aromatic hydroxyl groups is 2. The number of anilines is 1. The average molecular weight is 280 g/mol. The van der Waals surface area contributed by atoms with Crippen LogP contribution in [0.4, 0.5) is 5.69 Å². The lowest BCUT2D eigenvalue weighted by Crippen LogP contribution is -1.99. The maximum Gasteiger partial charge on any atom is 0.160 e. The van der Waals surface area contributed by atoms with E-state index in [0.717, 1.165) is 5.69 Å². The van der Waals surface area contributed by atoms with Gasteiger partial charge in [-0.15, -0.1) is 0 Å². The molecule has 0 unspecified atom stereocenters. The van der Waals surface area contributed by atoms with E-state index in [9.17, 15) is 10.2 Å². The molecule has 2 aromatic carbocycles. The number of hydrogen-bond donors (Lipinski definition) is 3. The third-order valence-corrected chi connectivity index (χ3v) is 3.04. The van der Waals surface area contributed by atoms with Gasteiger partial charge in [0.15, 0.2) is 11.5 Å². The van der Waals surface area contributed by atoms with Crippen LogP contribution in [-0.4, -0.2) is 17.3 Å². The number of phenols is 2. The van der Waals surface area contributed by atoms with Crippen molar-refractivity contribution < 1.29 is 14.9 Å². The zero-order valence-electron chi connectivity index (χ0n) is 10.4. The smallest absolute Gasteiger partial charge is 0.160 e. The van der Waals surface area contributed by atoms with E-state index in [-0.39, 0.29) is 11.5 Å². The summed E-state index contributed by atoms with van der Waals surface area (Å²) in [7, 11) is 1.49. The third kappa shape index (κ3) is 3.03. The van der Waals surface area contributed by atoms with Crippen LogP contribution in [0.15, 0.2) is 36.4 Å². The van der Waals surface area contributed by atoms with Gasteiger partial charge in [-0.2, -0.15) is 0 Å². The van der Waals surface area contributed by atoms with Crippen LogP contribution in [0.5, 0.6) is 17.2 Å². The number of phenolic OH excluding ortho intramolecular Hbond substituents is 2. The molecule has 0 saturated heterocycles. The van der Waals surface area contributed by atoms with E-state index < -0.39 is 0 Å². The number of ether oxygens (including phenoxy) is 1. The summed E-state index contributed by atoms with van der Waals surface area (Å²) in [4.78, 5) is 0. The number of benzene rings is 2. The Morgan fingerprint density at radius 2 is 2.00 bits per heavy atom. The van der Waals surface area contributed by atoms with Crippen molar-refractivity contribution in [3.63, 3.8) is 0 Å². The molecule has 0 aliphatic heterocycles. The Morgan fingerprint density at radius 1 is 1.21 bits per heavy atom. The molecule has 0 aliphatic rings. The fourth-order valence-corrected chi connectivity index (χ4v) is 1.89. The minimum absolute atomic E-state index is 0.0582. The lowest BCUT2D eigenvalue weighted by Gasteiger charge is -2.10. The molecule has 0 atom stereocenters. The number of para-hydroxylation sites is 1. The van der Waals surface area contributed by atoms with Crippen LogP contribution in [-0.2, 0) is 6.54 Å². The molecule has 0 aliphatic carbocycles. The molecule has 0 heterocycles. The Bertz CT molecular complexity index is 587. The number of nitrogens with one attached hydrogen (secondary N) is 1. The van der Waals surface area contributed by atoms with Gasteiger partial charge in [0.1, 0.15) is 5.75 Å². The molecule has 2 rings (SSSR count). The summed E-state index contributed by atoms with van der Waals surface area (Å²) in [6, 6.07) is 10.2. The third-order valence-electron chi connectivity index (χ3n) is 2.73. The van der Waals surface area contributed by atoms with Gasteiger partial charge in [-0.25, -0.2) is 0 Å². The molecule has 0 radical (unpaired) electrons. The monoisotopic (exact) mass is 279 g/mol. The predicted octanol–water partition coefficient (Wildman–Crippen LogP) is 3.37. The number of hydrogen-bond acceptors (Lipinski definition) is 4. The van der Waals surface area contributed by atoms with Crippen LogP contribution in [0.3, 0.4) is 0 Å². The van der Waals surface area contributed by atoms with Gasteiger partial charge >= 0.3 is 0 Å². The standard InChI is InChI=1S/C14H14ClNO3/c1-19-13-6-5-10(7-12(13)17)16-8-9-3-2-4-11(15)14(9)18/h2-7,16-18H,8H2,1H3. The van der Waals surface area contributed by atoms with Gasteiger partial charge in [0, 0.05) is 23.9 Å². The summed E-state index contributed by atoms with van der Waals surface area (Å²) in [6.07, 6.45) is 0. The van der Waals surface area contributed by atoms with Crippen molar-refractivity contribution in [3.05, 3.63) is 47.0 Å². The largest absolute Gasteiger partial charge is 0.506 e. The van der Waals surface area contributed by atoms with Crippen molar-refractivity contribution in [2.24, 2.45) is 0 Å². The van der Waals surface area contributed by atoms with E-state index in [1.807, 2.05) is 0 Å². The first kappa shape index (κ1) is 13.4. The Morgan fingerprint density at radius 3 is 2.68 bits per heavy atom. The van der Waals surface area contributed by atoms with E-state index >= 15 is 0 Å². The molecule has 0 amide bonds. The van der Waals surface area contributed by atoms with E-state index in [1.54, 1.807) is 36.4 Å². The van der Waals surface area contributed by atoms with Crippen LogP contribution >= 0.6 is 11.6 Å². The van der Waals surface area contributed by atoms with Crippen LogP contribution in [0, 0.1) is 0 Å².